The van der Waals surface area contributed by atoms with Crippen LogP contribution in [0.5, 0.6) is 0 Å². The third-order valence-corrected chi connectivity index (χ3v) is 3.70. The summed E-state index contributed by atoms with van der Waals surface area (Å²) in [6, 6.07) is 11.4. The van der Waals surface area contributed by atoms with E-state index in [9.17, 15) is 4.79 Å². The first kappa shape index (κ1) is 17.2. The predicted octanol–water partition coefficient (Wildman–Crippen LogP) is 2.13. The van der Waals surface area contributed by atoms with Crippen molar-refractivity contribution in [2.45, 2.75) is 13.5 Å². The van der Waals surface area contributed by atoms with Crippen molar-refractivity contribution in [2.75, 3.05) is 16.5 Å². The molecule has 0 spiro atoms. The van der Waals surface area contributed by atoms with E-state index >= 15 is 0 Å². The predicted molar refractivity (Wildman–Crippen MR) is 100 cm³/mol. The Labute approximate surface area is 150 Å². The van der Waals surface area contributed by atoms with Gasteiger partial charge in [0.15, 0.2) is 11.6 Å². The van der Waals surface area contributed by atoms with Gasteiger partial charge < -0.3 is 11.1 Å². The highest BCUT2D eigenvalue weighted by Gasteiger charge is 2.10. The van der Waals surface area contributed by atoms with Crippen LogP contribution in [0.25, 0.3) is 0 Å². The number of benzene rings is 1. The Hall–Kier alpha value is -3.68. The van der Waals surface area contributed by atoms with Crippen molar-refractivity contribution in [3.05, 3.63) is 71.8 Å². The van der Waals surface area contributed by atoms with E-state index in [1.54, 1.807) is 24.5 Å². The third-order valence-electron chi connectivity index (χ3n) is 3.70. The number of hydrogen-bond donors (Lipinski definition) is 4. The Balaban J connectivity index is 1.63. The number of pyridine rings is 1. The third kappa shape index (κ3) is 4.23. The van der Waals surface area contributed by atoms with Crippen LogP contribution in [-0.2, 0) is 6.54 Å². The Morgan fingerprint density at radius 3 is 2.46 bits per heavy atom. The smallest absolute Gasteiger partial charge is 0.269 e. The van der Waals surface area contributed by atoms with Gasteiger partial charge in [-0.1, -0.05) is 29.8 Å². The number of nitrogens with one attached hydrogen (secondary N) is 3. The molecule has 5 N–H and O–H groups in total. The second-order valence-electron chi connectivity index (χ2n) is 5.64. The Kier molecular flexibility index (Phi) is 5.23. The first-order valence-corrected chi connectivity index (χ1v) is 8.00. The van der Waals surface area contributed by atoms with Crippen molar-refractivity contribution in [3.63, 3.8) is 0 Å². The van der Waals surface area contributed by atoms with Gasteiger partial charge in [0.25, 0.3) is 5.91 Å². The van der Waals surface area contributed by atoms with E-state index in [-0.39, 0.29) is 5.91 Å². The maximum atomic E-state index is 12.1. The molecule has 2 heterocycles. The number of anilines is 3. The Bertz CT molecular complexity index is 882. The minimum Gasteiger partial charge on any atom is -0.393 e. The lowest BCUT2D eigenvalue weighted by Gasteiger charge is -2.13. The molecule has 0 aliphatic heterocycles. The van der Waals surface area contributed by atoms with E-state index in [4.69, 9.17) is 5.73 Å². The molecule has 0 atom stereocenters. The second-order valence-corrected chi connectivity index (χ2v) is 5.64. The zero-order valence-corrected chi connectivity index (χ0v) is 14.2. The summed E-state index contributed by atoms with van der Waals surface area (Å²) < 4.78 is 0. The Morgan fingerprint density at radius 2 is 1.73 bits per heavy atom. The summed E-state index contributed by atoms with van der Waals surface area (Å²) in [4.78, 5) is 24.1. The number of carbonyl (C=O) groups is 1. The molecule has 8 heteroatoms. The zero-order chi connectivity index (χ0) is 18.4. The summed E-state index contributed by atoms with van der Waals surface area (Å²) in [5, 5.41) is 3.17. The summed E-state index contributed by atoms with van der Waals surface area (Å²) in [6.45, 7) is 2.61. The van der Waals surface area contributed by atoms with Gasteiger partial charge in [-0.05, 0) is 24.6 Å². The number of amides is 1. The van der Waals surface area contributed by atoms with Gasteiger partial charge in [-0.25, -0.2) is 9.97 Å². The van der Waals surface area contributed by atoms with E-state index in [1.165, 1.54) is 11.9 Å². The maximum absolute atomic E-state index is 12.1. The molecule has 0 saturated heterocycles. The average molecular weight is 349 g/mol. The first-order valence-electron chi connectivity index (χ1n) is 8.00. The standard InChI is InChI=1S/C18H19N7O/c1-12-2-4-13(5-3-12)10-21-16-15(19)17(23-11-22-16)24-25-18(26)14-6-8-20-9-7-14/h2-9,11H,10,19H2,1H3,(H,25,26)(H2,21,22,23,24). The summed E-state index contributed by atoms with van der Waals surface area (Å²) in [5.41, 5.74) is 14.4. The van der Waals surface area contributed by atoms with Crippen LogP contribution in [0.3, 0.4) is 0 Å². The second kappa shape index (κ2) is 7.93. The van der Waals surface area contributed by atoms with E-state index in [1.807, 2.05) is 31.2 Å². The van der Waals surface area contributed by atoms with Crippen LogP contribution in [0, 0.1) is 6.92 Å². The largest absolute Gasteiger partial charge is 0.393 e. The average Bonchev–Trinajstić information content (AvgIpc) is 2.68. The summed E-state index contributed by atoms with van der Waals surface area (Å²) in [6.07, 6.45) is 4.46. The van der Waals surface area contributed by atoms with Gasteiger partial charge in [0, 0.05) is 24.5 Å². The lowest BCUT2D eigenvalue weighted by Crippen LogP contribution is -2.30. The van der Waals surface area contributed by atoms with E-state index < -0.39 is 0 Å². The van der Waals surface area contributed by atoms with E-state index in [2.05, 4.69) is 31.1 Å². The molecule has 2 aromatic heterocycles. The fourth-order valence-corrected chi connectivity index (χ4v) is 2.22. The summed E-state index contributed by atoms with van der Waals surface area (Å²) in [7, 11) is 0. The number of hydrogen-bond acceptors (Lipinski definition) is 7. The molecule has 0 bridgehead atoms. The SMILES string of the molecule is Cc1ccc(CNc2ncnc(NNC(=O)c3ccncc3)c2N)cc1. The normalized spacial score (nSPS) is 10.2. The van der Waals surface area contributed by atoms with Gasteiger partial charge in [0.05, 0.1) is 0 Å². The lowest BCUT2D eigenvalue weighted by atomic mass is 10.1. The molecule has 3 rings (SSSR count). The topological polar surface area (TPSA) is 118 Å². The molecule has 0 fully saturated rings. The van der Waals surface area contributed by atoms with Crippen LogP contribution in [0.2, 0.25) is 0 Å². The summed E-state index contributed by atoms with van der Waals surface area (Å²) in [5.74, 6) is 0.481. The van der Waals surface area contributed by atoms with Crippen molar-refractivity contribution in [2.24, 2.45) is 0 Å². The highest BCUT2D eigenvalue weighted by Crippen LogP contribution is 2.22. The van der Waals surface area contributed by atoms with Crippen molar-refractivity contribution in [3.8, 4) is 0 Å². The molecule has 0 aliphatic carbocycles. The molecule has 132 valence electrons. The van der Waals surface area contributed by atoms with Gasteiger partial charge in [-0.15, -0.1) is 0 Å². The minimum absolute atomic E-state index is 0.314. The highest BCUT2D eigenvalue weighted by atomic mass is 16.2. The molecule has 26 heavy (non-hydrogen) atoms. The molecule has 0 saturated carbocycles. The molecule has 0 radical (unpaired) electrons. The molecule has 1 aromatic carbocycles. The molecule has 0 aliphatic rings. The number of nitrogen functional groups attached to an aromatic ring is 1. The number of aromatic nitrogens is 3. The van der Waals surface area contributed by atoms with Crippen LogP contribution in [-0.4, -0.2) is 20.9 Å². The maximum Gasteiger partial charge on any atom is 0.269 e. The lowest BCUT2D eigenvalue weighted by molar-refractivity contribution is 0.0962. The molecule has 0 unspecified atom stereocenters. The molecule has 8 nitrogen and oxygen atoms in total. The van der Waals surface area contributed by atoms with Gasteiger partial charge in [-0.2, -0.15) is 0 Å². The van der Waals surface area contributed by atoms with Crippen LogP contribution in [0.1, 0.15) is 21.5 Å². The number of nitrogens with zero attached hydrogens (tertiary/aromatic N) is 3. The highest BCUT2D eigenvalue weighted by molar-refractivity contribution is 5.95. The van der Waals surface area contributed by atoms with Crippen LogP contribution in [0.4, 0.5) is 17.3 Å². The quantitative estimate of drug-likeness (QED) is 0.503. The van der Waals surface area contributed by atoms with E-state index in [0.717, 1.165) is 5.56 Å². The van der Waals surface area contributed by atoms with Crippen molar-refractivity contribution >= 4 is 23.2 Å². The van der Waals surface area contributed by atoms with E-state index in [0.29, 0.717) is 29.4 Å². The van der Waals surface area contributed by atoms with Gasteiger partial charge >= 0.3 is 0 Å². The number of rotatable bonds is 6. The van der Waals surface area contributed by atoms with Gasteiger partial charge in [0.2, 0.25) is 0 Å². The monoisotopic (exact) mass is 349 g/mol. The van der Waals surface area contributed by atoms with Gasteiger partial charge in [-0.3, -0.25) is 20.6 Å². The molecular formula is C18H19N7O. The minimum atomic E-state index is -0.320. The van der Waals surface area contributed by atoms with Gasteiger partial charge in [0.1, 0.15) is 12.0 Å². The molecular weight excluding hydrogens is 330 g/mol. The van der Waals surface area contributed by atoms with Crippen molar-refractivity contribution in [1.29, 1.82) is 0 Å². The number of aryl methyl sites for hydroxylation is 1. The van der Waals surface area contributed by atoms with Crippen molar-refractivity contribution in [1.82, 2.24) is 20.4 Å². The number of carbonyl (C=O) groups excluding carboxylic acids is 1. The van der Waals surface area contributed by atoms with Crippen LogP contribution in [0.15, 0.2) is 55.1 Å². The first-order chi connectivity index (χ1) is 12.6. The molecule has 3 aromatic rings. The number of hydrazine groups is 1. The zero-order valence-electron chi connectivity index (χ0n) is 14.2. The number of nitrogens with two attached hydrogens (primary N) is 1. The fraction of sp³-hybridized carbons (Fsp3) is 0.111. The van der Waals surface area contributed by atoms with Crippen LogP contribution < -0.4 is 21.9 Å². The Morgan fingerprint density at radius 1 is 1.04 bits per heavy atom. The van der Waals surface area contributed by atoms with Crippen molar-refractivity contribution < 1.29 is 4.79 Å². The van der Waals surface area contributed by atoms with Crippen LogP contribution >= 0.6 is 0 Å². The summed E-state index contributed by atoms with van der Waals surface area (Å²) >= 11 is 0. The fourth-order valence-electron chi connectivity index (χ4n) is 2.22. The molecule has 1 amide bonds.